The summed E-state index contributed by atoms with van der Waals surface area (Å²) in [6.45, 7) is 2.59. The Morgan fingerprint density at radius 1 is 1.36 bits per heavy atom. The summed E-state index contributed by atoms with van der Waals surface area (Å²) in [6.07, 6.45) is -4.26. The maximum Gasteiger partial charge on any atom is 0.416 e. The van der Waals surface area contributed by atoms with E-state index in [1.807, 2.05) is 29.5 Å². The molecule has 0 heterocycles. The molecule has 1 aromatic rings. The van der Waals surface area contributed by atoms with Gasteiger partial charge in [-0.15, -0.1) is 0 Å². The van der Waals surface area contributed by atoms with E-state index in [1.54, 1.807) is 0 Å². The number of hydrogen-bond donors (Lipinski definition) is 1. The second-order valence-corrected chi connectivity index (χ2v) is 3.88. The van der Waals surface area contributed by atoms with E-state index < -0.39 is 11.7 Å². The molecule has 0 aliphatic carbocycles. The predicted octanol–water partition coefficient (Wildman–Crippen LogP) is 3.74. The highest BCUT2D eigenvalue weighted by atomic mass is 127. The first-order valence-electron chi connectivity index (χ1n) is 4.05. The van der Waals surface area contributed by atoms with E-state index in [1.165, 1.54) is 6.07 Å². The third-order valence-corrected chi connectivity index (χ3v) is 2.56. The highest BCUT2D eigenvalue weighted by Crippen LogP contribution is 2.32. The standard InChI is InChI=1S/C9H9F3IN/c1-2-14-8-4-3-6(5-7(8)13)9(10,11)12/h3-5,14H,2H2,1H3. The van der Waals surface area contributed by atoms with Gasteiger partial charge >= 0.3 is 6.18 Å². The van der Waals surface area contributed by atoms with Gasteiger partial charge in [-0.1, -0.05) is 0 Å². The van der Waals surface area contributed by atoms with Crippen molar-refractivity contribution in [2.24, 2.45) is 0 Å². The minimum Gasteiger partial charge on any atom is -0.384 e. The quantitative estimate of drug-likeness (QED) is 0.820. The molecule has 0 spiro atoms. The Bertz CT molecular complexity index is 322. The van der Waals surface area contributed by atoms with E-state index in [0.29, 0.717) is 10.1 Å². The zero-order valence-electron chi connectivity index (χ0n) is 7.45. The van der Waals surface area contributed by atoms with Crippen LogP contribution in [0.15, 0.2) is 18.2 Å². The van der Waals surface area contributed by atoms with Crippen LogP contribution < -0.4 is 5.32 Å². The van der Waals surface area contributed by atoms with Crippen LogP contribution >= 0.6 is 22.6 Å². The topological polar surface area (TPSA) is 12.0 Å². The predicted molar refractivity (Wildman–Crippen MR) is 58.3 cm³/mol. The first kappa shape index (κ1) is 11.6. The van der Waals surface area contributed by atoms with Gasteiger partial charge in [0.1, 0.15) is 0 Å². The molecule has 1 nitrogen and oxygen atoms in total. The number of nitrogens with one attached hydrogen (secondary N) is 1. The number of halogens is 4. The van der Waals surface area contributed by atoms with Crippen LogP contribution in [0.1, 0.15) is 12.5 Å². The Kier molecular flexibility index (Phi) is 3.63. The molecule has 14 heavy (non-hydrogen) atoms. The average Bonchev–Trinajstić information content (AvgIpc) is 2.07. The van der Waals surface area contributed by atoms with Crippen molar-refractivity contribution >= 4 is 28.3 Å². The number of hydrogen-bond acceptors (Lipinski definition) is 1. The lowest BCUT2D eigenvalue weighted by Gasteiger charge is -2.10. The summed E-state index contributed by atoms with van der Waals surface area (Å²) >= 11 is 1.89. The molecule has 5 heteroatoms. The fraction of sp³-hybridized carbons (Fsp3) is 0.333. The molecule has 0 atom stereocenters. The second kappa shape index (κ2) is 4.37. The summed E-state index contributed by atoms with van der Waals surface area (Å²) in [5, 5.41) is 2.98. The summed E-state index contributed by atoms with van der Waals surface area (Å²) in [7, 11) is 0. The fourth-order valence-electron chi connectivity index (χ4n) is 1.03. The van der Waals surface area contributed by atoms with Crippen LogP contribution in [0.3, 0.4) is 0 Å². The summed E-state index contributed by atoms with van der Waals surface area (Å²) in [5.41, 5.74) is 0.129. The molecule has 0 amide bonds. The van der Waals surface area contributed by atoms with Crippen molar-refractivity contribution in [2.45, 2.75) is 13.1 Å². The van der Waals surface area contributed by atoms with Crippen LogP contribution in [-0.2, 0) is 6.18 Å². The number of alkyl halides is 3. The molecule has 0 radical (unpaired) electrons. The zero-order valence-corrected chi connectivity index (χ0v) is 9.61. The number of anilines is 1. The summed E-state index contributed by atoms with van der Waals surface area (Å²) in [6, 6.07) is 3.67. The molecule has 1 N–H and O–H groups in total. The van der Waals surface area contributed by atoms with E-state index in [0.717, 1.165) is 17.8 Å². The van der Waals surface area contributed by atoms with E-state index >= 15 is 0 Å². The van der Waals surface area contributed by atoms with Crippen LogP contribution in [0.25, 0.3) is 0 Å². The summed E-state index contributed by atoms with van der Waals surface area (Å²) in [4.78, 5) is 0. The molecular weight excluding hydrogens is 306 g/mol. The lowest BCUT2D eigenvalue weighted by Crippen LogP contribution is -2.06. The molecule has 0 aromatic heterocycles. The van der Waals surface area contributed by atoms with Gasteiger partial charge in [-0.3, -0.25) is 0 Å². The Balaban J connectivity index is 3.01. The van der Waals surface area contributed by atoms with Crippen molar-refractivity contribution < 1.29 is 13.2 Å². The van der Waals surface area contributed by atoms with Crippen molar-refractivity contribution in [3.05, 3.63) is 27.3 Å². The highest BCUT2D eigenvalue weighted by molar-refractivity contribution is 14.1. The number of benzene rings is 1. The summed E-state index contributed by atoms with van der Waals surface area (Å²) in [5.74, 6) is 0. The van der Waals surface area contributed by atoms with Gasteiger partial charge in [0.2, 0.25) is 0 Å². The molecule has 0 fully saturated rings. The Morgan fingerprint density at radius 3 is 2.43 bits per heavy atom. The molecule has 0 saturated carbocycles. The lowest BCUT2D eigenvalue weighted by molar-refractivity contribution is -0.137. The van der Waals surface area contributed by atoms with E-state index in [4.69, 9.17) is 0 Å². The molecule has 0 unspecified atom stereocenters. The third-order valence-electron chi connectivity index (χ3n) is 1.66. The zero-order chi connectivity index (χ0) is 10.8. The van der Waals surface area contributed by atoms with Gasteiger partial charge in [0, 0.05) is 15.8 Å². The van der Waals surface area contributed by atoms with E-state index in [9.17, 15) is 13.2 Å². The first-order valence-corrected chi connectivity index (χ1v) is 5.13. The summed E-state index contributed by atoms with van der Waals surface area (Å²) < 4.78 is 37.4. The fourth-order valence-corrected chi connectivity index (χ4v) is 1.73. The van der Waals surface area contributed by atoms with Gasteiger partial charge in [-0.05, 0) is 47.7 Å². The first-order chi connectivity index (χ1) is 6.45. The van der Waals surface area contributed by atoms with Crippen LogP contribution in [0.2, 0.25) is 0 Å². The van der Waals surface area contributed by atoms with Gasteiger partial charge in [0.25, 0.3) is 0 Å². The maximum absolute atomic E-state index is 12.3. The SMILES string of the molecule is CCNc1ccc(C(F)(F)F)cc1I. The van der Waals surface area contributed by atoms with E-state index in [-0.39, 0.29) is 0 Å². The van der Waals surface area contributed by atoms with Gasteiger partial charge in [-0.25, -0.2) is 0 Å². The van der Waals surface area contributed by atoms with Crippen molar-refractivity contribution in [2.75, 3.05) is 11.9 Å². The molecule has 78 valence electrons. The van der Waals surface area contributed by atoms with Gasteiger partial charge in [-0.2, -0.15) is 13.2 Å². The minimum atomic E-state index is -4.26. The van der Waals surface area contributed by atoms with Crippen LogP contribution in [-0.4, -0.2) is 6.54 Å². The van der Waals surface area contributed by atoms with Crippen LogP contribution in [0, 0.1) is 3.57 Å². The Morgan fingerprint density at radius 2 is 2.00 bits per heavy atom. The third kappa shape index (κ3) is 2.76. The van der Waals surface area contributed by atoms with E-state index in [2.05, 4.69) is 5.32 Å². The molecule has 1 rings (SSSR count). The van der Waals surface area contributed by atoms with Crippen LogP contribution in [0.4, 0.5) is 18.9 Å². The second-order valence-electron chi connectivity index (χ2n) is 2.72. The number of rotatable bonds is 2. The van der Waals surface area contributed by atoms with Gasteiger partial charge in [0.05, 0.1) is 5.56 Å². The monoisotopic (exact) mass is 315 g/mol. The Hall–Kier alpha value is -0.460. The van der Waals surface area contributed by atoms with Crippen molar-refractivity contribution in [1.29, 1.82) is 0 Å². The molecule has 0 aliphatic rings. The van der Waals surface area contributed by atoms with Gasteiger partial charge in [0.15, 0.2) is 0 Å². The molecule has 1 aromatic carbocycles. The van der Waals surface area contributed by atoms with Gasteiger partial charge < -0.3 is 5.32 Å². The molecular formula is C9H9F3IN. The Labute approximate surface area is 93.8 Å². The maximum atomic E-state index is 12.3. The van der Waals surface area contributed by atoms with Crippen molar-refractivity contribution in [1.82, 2.24) is 0 Å². The normalized spacial score (nSPS) is 11.5. The highest BCUT2D eigenvalue weighted by Gasteiger charge is 2.30. The minimum absolute atomic E-state index is 0.583. The smallest absolute Gasteiger partial charge is 0.384 e. The molecule has 0 bridgehead atoms. The average molecular weight is 315 g/mol. The van der Waals surface area contributed by atoms with Crippen molar-refractivity contribution in [3.63, 3.8) is 0 Å². The largest absolute Gasteiger partial charge is 0.416 e. The molecule has 0 saturated heterocycles. The van der Waals surface area contributed by atoms with Crippen LogP contribution in [0.5, 0.6) is 0 Å². The molecule has 0 aliphatic heterocycles. The lowest BCUT2D eigenvalue weighted by atomic mass is 10.2. The van der Waals surface area contributed by atoms with Crippen molar-refractivity contribution in [3.8, 4) is 0 Å².